The predicted octanol–water partition coefficient (Wildman–Crippen LogP) is -0.174. The number of Topliss-reactive ketones (excluding diaryl/α,β-unsaturated/α-hetero) is 1. The van der Waals surface area contributed by atoms with Crippen LogP contribution in [-0.4, -0.2) is 30.8 Å². The molecule has 0 radical (unpaired) electrons. The summed E-state index contributed by atoms with van der Waals surface area (Å²) in [5.41, 5.74) is 2.01. The molecule has 0 amide bonds. The molecule has 0 fully saturated rings. The molecule has 2 aliphatic heterocycles. The molecule has 1 aromatic carbocycles. The molecule has 1 unspecified atom stereocenters. The van der Waals surface area contributed by atoms with Crippen LogP contribution in [0.2, 0.25) is 0 Å². The summed E-state index contributed by atoms with van der Waals surface area (Å²) in [6, 6.07) is 3.83. The second-order valence-electron chi connectivity index (χ2n) is 5.25. The Hall–Kier alpha value is -1.59. The van der Waals surface area contributed by atoms with Crippen molar-refractivity contribution in [3.05, 3.63) is 23.3 Å². The number of aliphatic hydroxyl groups is 1. The molecule has 0 aliphatic carbocycles. The average Bonchev–Trinajstić information content (AvgIpc) is 2.81. The number of fused-ring (bicyclic) bond motifs is 2. The molecule has 5 nitrogen and oxygen atoms in total. The first kappa shape index (κ1) is 12.4. The van der Waals surface area contributed by atoms with Crippen LogP contribution in [0.1, 0.15) is 30.6 Å². The Bertz CT molecular complexity index is 514. The van der Waals surface area contributed by atoms with Crippen molar-refractivity contribution in [3.8, 4) is 11.5 Å². The van der Waals surface area contributed by atoms with Crippen LogP contribution >= 0.6 is 0 Å². The van der Waals surface area contributed by atoms with Gasteiger partial charge in [-0.25, -0.2) is 0 Å². The van der Waals surface area contributed by atoms with Gasteiger partial charge < -0.3 is 19.5 Å². The highest BCUT2D eigenvalue weighted by molar-refractivity contribution is 5.75. The van der Waals surface area contributed by atoms with E-state index in [1.165, 1.54) is 4.90 Å². The van der Waals surface area contributed by atoms with Crippen LogP contribution < -0.4 is 14.4 Å². The lowest BCUT2D eigenvalue weighted by atomic mass is 9.96. The minimum absolute atomic E-state index is 0.193. The molecular weight excluding hydrogens is 246 g/mol. The van der Waals surface area contributed by atoms with Gasteiger partial charge in [0.2, 0.25) is 6.79 Å². The summed E-state index contributed by atoms with van der Waals surface area (Å²) < 4.78 is 10.7. The molecule has 1 aromatic rings. The maximum atomic E-state index is 11.1. The Morgan fingerprint density at radius 2 is 2.16 bits per heavy atom. The Morgan fingerprint density at radius 1 is 1.42 bits per heavy atom. The summed E-state index contributed by atoms with van der Waals surface area (Å²) in [7, 11) is 0. The molecular formula is C14H18NO4+. The summed E-state index contributed by atoms with van der Waals surface area (Å²) in [6.07, 6.45) is 0.0577. The molecule has 0 aromatic heterocycles. The van der Waals surface area contributed by atoms with Crippen molar-refractivity contribution in [2.75, 3.05) is 19.9 Å². The summed E-state index contributed by atoms with van der Waals surface area (Å²) in [4.78, 5) is 12.3. The van der Waals surface area contributed by atoms with Crippen molar-refractivity contribution in [2.45, 2.75) is 26.0 Å². The summed E-state index contributed by atoms with van der Waals surface area (Å²) >= 11 is 0. The molecule has 2 N–H and O–H groups in total. The van der Waals surface area contributed by atoms with Crippen molar-refractivity contribution in [2.24, 2.45) is 0 Å². The average molecular weight is 264 g/mol. The Kier molecular flexibility index (Phi) is 3.16. The normalized spacial score (nSPS) is 24.1. The molecule has 0 bridgehead atoms. The maximum Gasteiger partial charge on any atom is 0.231 e. The van der Waals surface area contributed by atoms with Crippen molar-refractivity contribution >= 4 is 5.78 Å². The minimum atomic E-state index is -0.500. The van der Waals surface area contributed by atoms with Gasteiger partial charge in [0.05, 0.1) is 13.0 Å². The summed E-state index contributed by atoms with van der Waals surface area (Å²) in [5, 5.41) is 10.2. The number of ether oxygens (including phenoxy) is 2. The molecule has 2 atom stereocenters. The topological polar surface area (TPSA) is 60.2 Å². The molecule has 19 heavy (non-hydrogen) atoms. The van der Waals surface area contributed by atoms with Crippen molar-refractivity contribution in [1.29, 1.82) is 0 Å². The van der Waals surface area contributed by atoms with Gasteiger partial charge in [0.15, 0.2) is 11.5 Å². The summed E-state index contributed by atoms with van der Waals surface area (Å²) in [5.74, 6) is 1.65. The van der Waals surface area contributed by atoms with Gasteiger partial charge in [0.25, 0.3) is 0 Å². The van der Waals surface area contributed by atoms with E-state index in [1.807, 2.05) is 12.1 Å². The SMILES string of the molecule is CC(=O)CC[NH+]1Cc2cc3c(cc2[C@@H](O)C1)OCO3. The molecule has 0 saturated carbocycles. The number of carbonyl (C=O) groups excluding carboxylic acids is 1. The molecule has 0 saturated heterocycles. The first-order chi connectivity index (χ1) is 9.13. The Labute approximate surface area is 111 Å². The van der Waals surface area contributed by atoms with Gasteiger partial charge in [-0.15, -0.1) is 0 Å². The van der Waals surface area contributed by atoms with E-state index < -0.39 is 6.10 Å². The molecule has 2 heterocycles. The van der Waals surface area contributed by atoms with Crippen LogP contribution in [0.5, 0.6) is 11.5 Å². The smallest absolute Gasteiger partial charge is 0.231 e. The van der Waals surface area contributed by atoms with Gasteiger partial charge in [-0.05, 0) is 24.6 Å². The van der Waals surface area contributed by atoms with E-state index in [-0.39, 0.29) is 12.6 Å². The number of quaternary nitrogens is 1. The van der Waals surface area contributed by atoms with E-state index in [0.29, 0.717) is 18.7 Å². The number of hydrogen-bond donors (Lipinski definition) is 2. The van der Waals surface area contributed by atoms with Gasteiger partial charge in [0.1, 0.15) is 25.0 Å². The third-order valence-electron chi connectivity index (χ3n) is 3.75. The zero-order chi connectivity index (χ0) is 13.4. The fraction of sp³-hybridized carbons (Fsp3) is 0.500. The number of nitrogens with one attached hydrogen (secondary N) is 1. The Morgan fingerprint density at radius 3 is 2.89 bits per heavy atom. The zero-order valence-corrected chi connectivity index (χ0v) is 10.9. The third-order valence-corrected chi connectivity index (χ3v) is 3.75. The molecule has 5 heteroatoms. The van der Waals surface area contributed by atoms with Crippen LogP contribution in [0, 0.1) is 0 Å². The van der Waals surface area contributed by atoms with Gasteiger partial charge in [0, 0.05) is 5.56 Å². The highest BCUT2D eigenvalue weighted by Crippen LogP contribution is 2.37. The van der Waals surface area contributed by atoms with Gasteiger partial charge in [-0.3, -0.25) is 4.79 Å². The van der Waals surface area contributed by atoms with Crippen molar-refractivity contribution in [1.82, 2.24) is 0 Å². The number of rotatable bonds is 3. The quantitative estimate of drug-likeness (QED) is 0.795. The van der Waals surface area contributed by atoms with Crippen LogP contribution in [0.3, 0.4) is 0 Å². The van der Waals surface area contributed by atoms with E-state index >= 15 is 0 Å². The number of carbonyl (C=O) groups is 1. The fourth-order valence-electron chi connectivity index (χ4n) is 2.73. The standard InChI is InChI=1S/C14H17NO4/c1-9(16)2-3-15-6-10-4-13-14(19-8-18-13)5-11(10)12(17)7-15/h4-5,12,17H,2-3,6-8H2,1H3/p+1/t12-/m0/s1. The van der Waals surface area contributed by atoms with Gasteiger partial charge in [-0.1, -0.05) is 0 Å². The largest absolute Gasteiger partial charge is 0.454 e. The molecule has 0 spiro atoms. The van der Waals surface area contributed by atoms with Crippen LogP contribution in [0.25, 0.3) is 0 Å². The number of benzene rings is 1. The van der Waals surface area contributed by atoms with Crippen molar-refractivity contribution in [3.63, 3.8) is 0 Å². The van der Waals surface area contributed by atoms with Crippen LogP contribution in [0.15, 0.2) is 12.1 Å². The van der Waals surface area contributed by atoms with E-state index in [0.717, 1.165) is 30.0 Å². The summed E-state index contributed by atoms with van der Waals surface area (Å²) in [6.45, 7) is 4.07. The number of ketones is 1. The van der Waals surface area contributed by atoms with E-state index in [2.05, 4.69) is 0 Å². The second kappa shape index (κ2) is 4.83. The van der Waals surface area contributed by atoms with E-state index in [1.54, 1.807) is 6.92 Å². The number of aliphatic hydroxyl groups excluding tert-OH is 1. The molecule has 2 aliphatic rings. The fourth-order valence-corrected chi connectivity index (χ4v) is 2.73. The lowest BCUT2D eigenvalue weighted by Crippen LogP contribution is -3.12. The Balaban J connectivity index is 1.81. The number of hydrogen-bond acceptors (Lipinski definition) is 4. The van der Waals surface area contributed by atoms with E-state index in [9.17, 15) is 9.90 Å². The molecule has 3 rings (SSSR count). The van der Waals surface area contributed by atoms with Crippen LogP contribution in [0.4, 0.5) is 0 Å². The molecule has 102 valence electrons. The van der Waals surface area contributed by atoms with E-state index in [4.69, 9.17) is 9.47 Å². The lowest BCUT2D eigenvalue weighted by molar-refractivity contribution is -0.919. The lowest BCUT2D eigenvalue weighted by Gasteiger charge is -2.29. The zero-order valence-electron chi connectivity index (χ0n) is 10.9. The monoisotopic (exact) mass is 264 g/mol. The van der Waals surface area contributed by atoms with Gasteiger partial charge >= 0.3 is 0 Å². The third kappa shape index (κ3) is 2.43. The van der Waals surface area contributed by atoms with Crippen LogP contribution in [-0.2, 0) is 11.3 Å². The highest BCUT2D eigenvalue weighted by atomic mass is 16.7. The first-order valence-corrected chi connectivity index (χ1v) is 6.57. The predicted molar refractivity (Wildman–Crippen MR) is 67.2 cm³/mol. The minimum Gasteiger partial charge on any atom is -0.454 e. The van der Waals surface area contributed by atoms with Gasteiger partial charge in [-0.2, -0.15) is 0 Å². The second-order valence-corrected chi connectivity index (χ2v) is 5.25. The maximum absolute atomic E-state index is 11.1. The highest BCUT2D eigenvalue weighted by Gasteiger charge is 2.29. The van der Waals surface area contributed by atoms with Crippen molar-refractivity contribution < 1.29 is 24.3 Å². The first-order valence-electron chi connectivity index (χ1n) is 6.57.